The number of hydrogen-bond donors (Lipinski definition) is 1. The Morgan fingerprint density at radius 2 is 1.59 bits per heavy atom. The number of rotatable bonds is 7. The van der Waals surface area contributed by atoms with E-state index in [0.717, 1.165) is 27.4 Å². The Balaban J connectivity index is 2.20. The molecular weight excluding hydrogens is 364 g/mol. The maximum Gasteiger partial charge on any atom is 0.244 e. The highest BCUT2D eigenvalue weighted by molar-refractivity contribution is 7.92. The maximum absolute atomic E-state index is 12.7. The van der Waals surface area contributed by atoms with Crippen LogP contribution in [0.15, 0.2) is 48.5 Å². The molecule has 2 aromatic rings. The number of nitrogens with one attached hydrogen (secondary N) is 1. The van der Waals surface area contributed by atoms with E-state index < -0.39 is 16.1 Å². The average molecular weight is 391 g/mol. The number of methoxy groups -OCH3 is 1. The lowest BCUT2D eigenvalue weighted by atomic mass is 10.1. The number of benzene rings is 2. The van der Waals surface area contributed by atoms with Gasteiger partial charge in [0.05, 0.1) is 25.1 Å². The zero-order valence-corrected chi connectivity index (χ0v) is 17.1. The Hall–Kier alpha value is -2.54. The van der Waals surface area contributed by atoms with E-state index >= 15 is 0 Å². The van der Waals surface area contributed by atoms with Crippen LogP contribution in [-0.4, -0.2) is 33.7 Å². The summed E-state index contributed by atoms with van der Waals surface area (Å²) in [7, 11) is -2.04. The fourth-order valence-corrected chi connectivity index (χ4v) is 3.99. The van der Waals surface area contributed by atoms with Crippen LogP contribution in [0.1, 0.15) is 31.0 Å². The standard InChI is InChI=1S/C20H26N2O4S/c1-14-6-10-18(11-7-14)22(27(5,24)25)16(3)20(23)21-15(2)17-8-12-19(26-4)13-9-17/h6-13,15-16H,1-5H3,(H,21,23)/t15-,16+/m0/s1. The van der Waals surface area contributed by atoms with Crippen molar-refractivity contribution >= 4 is 21.6 Å². The Morgan fingerprint density at radius 1 is 1.04 bits per heavy atom. The molecule has 7 heteroatoms. The lowest BCUT2D eigenvalue weighted by molar-refractivity contribution is -0.122. The van der Waals surface area contributed by atoms with Gasteiger partial charge in [0, 0.05) is 0 Å². The van der Waals surface area contributed by atoms with E-state index in [1.165, 1.54) is 0 Å². The first-order valence-electron chi connectivity index (χ1n) is 8.64. The molecule has 0 heterocycles. The fourth-order valence-electron chi connectivity index (χ4n) is 2.81. The summed E-state index contributed by atoms with van der Waals surface area (Å²) in [5.74, 6) is 0.359. The van der Waals surface area contributed by atoms with Gasteiger partial charge in [0.2, 0.25) is 15.9 Å². The summed E-state index contributed by atoms with van der Waals surface area (Å²) in [6.45, 7) is 5.35. The zero-order valence-electron chi connectivity index (χ0n) is 16.3. The lowest BCUT2D eigenvalue weighted by Crippen LogP contribution is -2.48. The van der Waals surface area contributed by atoms with Crippen LogP contribution >= 0.6 is 0 Å². The number of sulfonamides is 1. The van der Waals surface area contributed by atoms with Crippen molar-refractivity contribution < 1.29 is 17.9 Å². The quantitative estimate of drug-likeness (QED) is 0.788. The van der Waals surface area contributed by atoms with Gasteiger partial charge in [-0.25, -0.2) is 8.42 Å². The van der Waals surface area contributed by atoms with Gasteiger partial charge in [-0.15, -0.1) is 0 Å². The smallest absolute Gasteiger partial charge is 0.244 e. The minimum absolute atomic E-state index is 0.273. The van der Waals surface area contributed by atoms with Crippen LogP contribution in [0.5, 0.6) is 5.75 Å². The molecule has 2 aromatic carbocycles. The molecule has 0 saturated heterocycles. The van der Waals surface area contributed by atoms with Crippen molar-refractivity contribution in [3.63, 3.8) is 0 Å². The Morgan fingerprint density at radius 3 is 2.07 bits per heavy atom. The summed E-state index contributed by atoms with van der Waals surface area (Å²) >= 11 is 0. The van der Waals surface area contributed by atoms with E-state index in [2.05, 4.69) is 5.32 Å². The van der Waals surface area contributed by atoms with E-state index in [-0.39, 0.29) is 11.9 Å². The lowest BCUT2D eigenvalue weighted by Gasteiger charge is -2.29. The van der Waals surface area contributed by atoms with Crippen molar-refractivity contribution in [3.8, 4) is 5.75 Å². The maximum atomic E-state index is 12.7. The van der Waals surface area contributed by atoms with Crippen LogP contribution in [0.3, 0.4) is 0 Å². The second kappa shape index (κ2) is 8.43. The fraction of sp³-hybridized carbons (Fsp3) is 0.350. The van der Waals surface area contributed by atoms with Crippen LogP contribution in [-0.2, 0) is 14.8 Å². The molecule has 0 radical (unpaired) electrons. The molecule has 27 heavy (non-hydrogen) atoms. The second-order valence-electron chi connectivity index (χ2n) is 6.57. The molecule has 0 spiro atoms. The molecule has 1 N–H and O–H groups in total. The summed E-state index contributed by atoms with van der Waals surface area (Å²) in [5.41, 5.74) is 2.37. The van der Waals surface area contributed by atoms with Gasteiger partial charge in [-0.2, -0.15) is 0 Å². The van der Waals surface area contributed by atoms with Crippen LogP contribution in [0.4, 0.5) is 5.69 Å². The molecule has 0 aliphatic rings. The third-order valence-corrected chi connectivity index (χ3v) is 5.59. The molecule has 0 saturated carbocycles. The van der Waals surface area contributed by atoms with Gasteiger partial charge in [0.15, 0.2) is 0 Å². The van der Waals surface area contributed by atoms with E-state index in [4.69, 9.17) is 4.74 Å². The number of ether oxygens (including phenoxy) is 1. The predicted molar refractivity (Wildman–Crippen MR) is 108 cm³/mol. The molecule has 0 unspecified atom stereocenters. The Labute approximate surface area is 161 Å². The van der Waals surface area contributed by atoms with Gasteiger partial charge in [0.25, 0.3) is 0 Å². The molecule has 0 aliphatic carbocycles. The van der Waals surface area contributed by atoms with Crippen LogP contribution in [0.25, 0.3) is 0 Å². The molecule has 2 atom stereocenters. The minimum atomic E-state index is -3.63. The third-order valence-electron chi connectivity index (χ3n) is 4.35. The highest BCUT2D eigenvalue weighted by atomic mass is 32.2. The number of hydrogen-bond acceptors (Lipinski definition) is 4. The number of anilines is 1. The van der Waals surface area contributed by atoms with Gasteiger partial charge in [0.1, 0.15) is 11.8 Å². The zero-order chi connectivity index (χ0) is 20.2. The monoisotopic (exact) mass is 390 g/mol. The van der Waals surface area contributed by atoms with Crippen molar-refractivity contribution in [1.82, 2.24) is 5.32 Å². The molecule has 146 valence electrons. The molecular formula is C20H26N2O4S. The highest BCUT2D eigenvalue weighted by Gasteiger charge is 2.29. The first kappa shape index (κ1) is 20.8. The summed E-state index contributed by atoms with van der Waals surface area (Å²) in [6.07, 6.45) is 1.10. The number of amides is 1. The summed E-state index contributed by atoms with van der Waals surface area (Å²) in [5, 5.41) is 2.88. The number of nitrogens with zero attached hydrogens (tertiary/aromatic N) is 1. The third kappa shape index (κ3) is 5.23. The molecule has 1 amide bonds. The van der Waals surface area contributed by atoms with E-state index in [9.17, 15) is 13.2 Å². The largest absolute Gasteiger partial charge is 0.497 e. The van der Waals surface area contributed by atoms with Crippen molar-refractivity contribution in [2.45, 2.75) is 32.9 Å². The van der Waals surface area contributed by atoms with E-state index in [0.29, 0.717) is 5.69 Å². The topological polar surface area (TPSA) is 75.7 Å². The molecule has 0 bridgehead atoms. The van der Waals surface area contributed by atoms with E-state index in [1.807, 2.05) is 50.2 Å². The van der Waals surface area contributed by atoms with Crippen molar-refractivity contribution in [2.24, 2.45) is 0 Å². The minimum Gasteiger partial charge on any atom is -0.497 e. The number of carbonyl (C=O) groups excluding carboxylic acids is 1. The molecule has 6 nitrogen and oxygen atoms in total. The van der Waals surface area contributed by atoms with Crippen molar-refractivity contribution in [3.05, 3.63) is 59.7 Å². The number of aryl methyl sites for hydroxylation is 1. The summed E-state index contributed by atoms with van der Waals surface area (Å²) < 4.78 is 30.9. The van der Waals surface area contributed by atoms with Crippen LogP contribution < -0.4 is 14.4 Å². The Kier molecular flexibility index (Phi) is 6.49. The first-order chi connectivity index (χ1) is 12.6. The van der Waals surface area contributed by atoms with Crippen molar-refractivity contribution in [2.75, 3.05) is 17.7 Å². The summed E-state index contributed by atoms with van der Waals surface area (Å²) in [6, 6.07) is 13.2. The normalized spacial score (nSPS) is 13.5. The average Bonchev–Trinajstić information content (AvgIpc) is 2.62. The summed E-state index contributed by atoms with van der Waals surface area (Å²) in [4.78, 5) is 12.7. The molecule has 0 aliphatic heterocycles. The first-order valence-corrected chi connectivity index (χ1v) is 10.5. The second-order valence-corrected chi connectivity index (χ2v) is 8.43. The van der Waals surface area contributed by atoms with Gasteiger partial charge in [-0.3, -0.25) is 9.10 Å². The van der Waals surface area contributed by atoms with Gasteiger partial charge >= 0.3 is 0 Å². The molecule has 0 aromatic heterocycles. The SMILES string of the molecule is COc1ccc([C@H](C)NC(=O)[C@@H](C)N(c2ccc(C)cc2)S(C)(=O)=O)cc1. The molecule has 0 fully saturated rings. The van der Waals surface area contributed by atoms with Gasteiger partial charge < -0.3 is 10.1 Å². The van der Waals surface area contributed by atoms with Gasteiger partial charge in [-0.1, -0.05) is 29.8 Å². The van der Waals surface area contributed by atoms with E-state index in [1.54, 1.807) is 26.2 Å². The Bertz CT molecular complexity index is 877. The van der Waals surface area contributed by atoms with Gasteiger partial charge in [-0.05, 0) is 50.6 Å². The predicted octanol–water partition coefficient (Wildman–Crippen LogP) is 3.04. The number of carbonyl (C=O) groups is 1. The molecule has 2 rings (SSSR count). The van der Waals surface area contributed by atoms with Crippen molar-refractivity contribution in [1.29, 1.82) is 0 Å². The van der Waals surface area contributed by atoms with Crippen LogP contribution in [0.2, 0.25) is 0 Å². The highest BCUT2D eigenvalue weighted by Crippen LogP contribution is 2.22. The van der Waals surface area contributed by atoms with Crippen LogP contribution in [0, 0.1) is 6.92 Å².